The van der Waals surface area contributed by atoms with Crippen LogP contribution in [0.4, 0.5) is 5.69 Å². The van der Waals surface area contributed by atoms with Gasteiger partial charge in [0.25, 0.3) is 5.91 Å². The SMILES string of the molecule is O=C(Nc1ccc(-n2cnnn2)cc1)c1ccccc1SC[C@H]1CCCO1. The van der Waals surface area contributed by atoms with Crippen LogP contribution in [0.1, 0.15) is 23.2 Å². The summed E-state index contributed by atoms with van der Waals surface area (Å²) < 4.78 is 7.23. The zero-order valence-corrected chi connectivity index (χ0v) is 15.4. The van der Waals surface area contributed by atoms with Crippen LogP contribution < -0.4 is 5.32 Å². The number of hydrogen-bond acceptors (Lipinski definition) is 6. The molecule has 1 saturated heterocycles. The minimum absolute atomic E-state index is 0.124. The smallest absolute Gasteiger partial charge is 0.256 e. The predicted octanol–water partition coefficient (Wildman–Crippen LogP) is 3.19. The Morgan fingerprint density at radius 3 is 2.81 bits per heavy atom. The van der Waals surface area contributed by atoms with Gasteiger partial charge in [0.05, 0.1) is 17.4 Å². The van der Waals surface area contributed by atoms with E-state index >= 15 is 0 Å². The lowest BCUT2D eigenvalue weighted by Gasteiger charge is -2.12. The van der Waals surface area contributed by atoms with E-state index in [1.54, 1.807) is 16.4 Å². The van der Waals surface area contributed by atoms with Gasteiger partial charge in [0, 0.05) is 22.9 Å². The Morgan fingerprint density at radius 2 is 2.07 bits per heavy atom. The van der Waals surface area contributed by atoms with Gasteiger partial charge >= 0.3 is 0 Å². The Labute approximate surface area is 161 Å². The molecule has 0 radical (unpaired) electrons. The van der Waals surface area contributed by atoms with E-state index < -0.39 is 0 Å². The fourth-order valence-corrected chi connectivity index (χ4v) is 4.03. The highest BCUT2D eigenvalue weighted by atomic mass is 32.2. The van der Waals surface area contributed by atoms with Gasteiger partial charge in [-0.05, 0) is 59.7 Å². The molecule has 2 aromatic carbocycles. The molecule has 0 unspecified atom stereocenters. The maximum atomic E-state index is 12.8. The number of hydrogen-bond donors (Lipinski definition) is 1. The van der Waals surface area contributed by atoms with Crippen LogP contribution in [0, 0.1) is 0 Å². The van der Waals surface area contributed by atoms with E-state index in [2.05, 4.69) is 20.8 Å². The molecule has 0 bridgehead atoms. The van der Waals surface area contributed by atoms with Crippen LogP contribution in [-0.2, 0) is 4.74 Å². The van der Waals surface area contributed by atoms with E-state index in [0.717, 1.165) is 41.5 Å². The first-order chi connectivity index (χ1) is 13.3. The third kappa shape index (κ3) is 4.35. The molecule has 2 heterocycles. The number of nitrogens with zero attached hydrogens (tertiary/aromatic N) is 4. The number of nitrogens with one attached hydrogen (secondary N) is 1. The van der Waals surface area contributed by atoms with E-state index in [9.17, 15) is 4.79 Å². The highest BCUT2D eigenvalue weighted by Crippen LogP contribution is 2.27. The number of aromatic nitrogens is 4. The summed E-state index contributed by atoms with van der Waals surface area (Å²) in [6.07, 6.45) is 4.02. The second kappa shape index (κ2) is 8.32. The molecule has 1 fully saturated rings. The van der Waals surface area contributed by atoms with Crippen LogP contribution in [0.5, 0.6) is 0 Å². The molecule has 1 aliphatic rings. The van der Waals surface area contributed by atoms with E-state index in [1.807, 2.05) is 48.5 Å². The second-order valence-corrected chi connectivity index (χ2v) is 7.26. The fraction of sp³-hybridized carbons (Fsp3) is 0.263. The van der Waals surface area contributed by atoms with E-state index in [4.69, 9.17) is 4.74 Å². The van der Waals surface area contributed by atoms with Crippen molar-refractivity contribution in [2.75, 3.05) is 17.7 Å². The van der Waals surface area contributed by atoms with Crippen LogP contribution in [0.15, 0.2) is 59.8 Å². The topological polar surface area (TPSA) is 81.9 Å². The number of rotatable bonds is 6. The first-order valence-corrected chi connectivity index (χ1v) is 9.76. The molecule has 0 saturated carbocycles. The molecule has 1 atom stereocenters. The highest BCUT2D eigenvalue weighted by molar-refractivity contribution is 7.99. The average molecular weight is 381 g/mol. The minimum Gasteiger partial charge on any atom is -0.377 e. The zero-order chi connectivity index (χ0) is 18.5. The van der Waals surface area contributed by atoms with E-state index in [0.29, 0.717) is 5.56 Å². The van der Waals surface area contributed by atoms with Crippen LogP contribution in [0.2, 0.25) is 0 Å². The first-order valence-electron chi connectivity index (χ1n) is 8.78. The fourth-order valence-electron chi connectivity index (χ4n) is 2.91. The maximum absolute atomic E-state index is 12.8. The van der Waals surface area contributed by atoms with Crippen molar-refractivity contribution in [2.45, 2.75) is 23.8 Å². The summed E-state index contributed by atoms with van der Waals surface area (Å²) in [5.74, 6) is 0.742. The Kier molecular flexibility index (Phi) is 5.45. The molecule has 138 valence electrons. The molecule has 7 nitrogen and oxygen atoms in total. The molecule has 27 heavy (non-hydrogen) atoms. The zero-order valence-electron chi connectivity index (χ0n) is 14.6. The maximum Gasteiger partial charge on any atom is 0.256 e. The van der Waals surface area contributed by atoms with Crippen LogP contribution >= 0.6 is 11.8 Å². The monoisotopic (exact) mass is 381 g/mol. The number of benzene rings is 2. The van der Waals surface area contributed by atoms with Gasteiger partial charge in [-0.3, -0.25) is 4.79 Å². The van der Waals surface area contributed by atoms with Gasteiger partial charge in [-0.15, -0.1) is 16.9 Å². The predicted molar refractivity (Wildman–Crippen MR) is 103 cm³/mol. The van der Waals surface area contributed by atoms with Crippen LogP contribution in [0.3, 0.4) is 0 Å². The van der Waals surface area contributed by atoms with E-state index in [1.165, 1.54) is 6.33 Å². The molecule has 1 N–H and O–H groups in total. The Hall–Kier alpha value is -2.71. The largest absolute Gasteiger partial charge is 0.377 e. The first kappa shape index (κ1) is 17.7. The summed E-state index contributed by atoms with van der Waals surface area (Å²) in [7, 11) is 0. The third-order valence-corrected chi connectivity index (χ3v) is 5.52. The van der Waals surface area contributed by atoms with Gasteiger partial charge in [-0.25, -0.2) is 4.68 Å². The van der Waals surface area contributed by atoms with Crippen molar-refractivity contribution in [3.8, 4) is 5.69 Å². The molecule has 8 heteroatoms. The van der Waals surface area contributed by atoms with Gasteiger partial charge in [-0.1, -0.05) is 12.1 Å². The molecular formula is C19H19N5O2S. The minimum atomic E-state index is -0.124. The molecular weight excluding hydrogens is 362 g/mol. The Morgan fingerprint density at radius 1 is 1.22 bits per heavy atom. The number of thioether (sulfide) groups is 1. The summed E-state index contributed by atoms with van der Waals surface area (Å²) >= 11 is 1.67. The lowest BCUT2D eigenvalue weighted by molar-refractivity contribution is 0.102. The van der Waals surface area contributed by atoms with Crippen molar-refractivity contribution in [3.63, 3.8) is 0 Å². The third-order valence-electron chi connectivity index (χ3n) is 4.32. The molecule has 3 aromatic rings. The second-order valence-electron chi connectivity index (χ2n) is 6.20. The number of anilines is 1. The molecule has 4 rings (SSSR count). The van der Waals surface area contributed by atoms with Crippen molar-refractivity contribution in [1.29, 1.82) is 0 Å². The van der Waals surface area contributed by atoms with Crippen molar-refractivity contribution in [3.05, 3.63) is 60.4 Å². The van der Waals surface area contributed by atoms with Crippen molar-refractivity contribution in [1.82, 2.24) is 20.2 Å². The lowest BCUT2D eigenvalue weighted by atomic mass is 10.2. The van der Waals surface area contributed by atoms with Crippen molar-refractivity contribution in [2.24, 2.45) is 0 Å². The number of carbonyl (C=O) groups is 1. The van der Waals surface area contributed by atoms with Crippen LogP contribution in [-0.4, -0.2) is 44.6 Å². The van der Waals surface area contributed by atoms with Gasteiger partial charge < -0.3 is 10.1 Å². The number of tetrazole rings is 1. The summed E-state index contributed by atoms with van der Waals surface area (Å²) in [6, 6.07) is 15.0. The van der Waals surface area contributed by atoms with Gasteiger partial charge in [0.1, 0.15) is 6.33 Å². The van der Waals surface area contributed by atoms with Gasteiger partial charge in [0.2, 0.25) is 0 Å². The molecule has 1 aliphatic heterocycles. The van der Waals surface area contributed by atoms with Crippen LogP contribution in [0.25, 0.3) is 5.69 Å². The summed E-state index contributed by atoms with van der Waals surface area (Å²) in [6.45, 7) is 0.841. The van der Waals surface area contributed by atoms with Crippen molar-refractivity contribution < 1.29 is 9.53 Å². The van der Waals surface area contributed by atoms with Gasteiger partial charge in [-0.2, -0.15) is 0 Å². The molecule has 1 aromatic heterocycles. The molecule has 0 aliphatic carbocycles. The van der Waals surface area contributed by atoms with E-state index in [-0.39, 0.29) is 12.0 Å². The number of amides is 1. The van der Waals surface area contributed by atoms with Gasteiger partial charge in [0.15, 0.2) is 0 Å². The quantitative estimate of drug-likeness (QED) is 0.661. The standard InChI is InChI=1S/C19H19N5O2S/c25-19(21-14-7-9-15(10-8-14)24-13-20-22-23-24)17-5-1-2-6-18(17)27-12-16-4-3-11-26-16/h1-2,5-10,13,16H,3-4,11-12H2,(H,21,25)/t16-/m1/s1. The number of carbonyl (C=O) groups excluding carboxylic acids is 1. The molecule has 1 amide bonds. The summed E-state index contributed by atoms with van der Waals surface area (Å²) in [5.41, 5.74) is 2.21. The summed E-state index contributed by atoms with van der Waals surface area (Å²) in [5, 5.41) is 14.0. The normalized spacial score (nSPS) is 16.4. The average Bonchev–Trinajstić information content (AvgIpc) is 3.41. The lowest BCUT2D eigenvalue weighted by Crippen LogP contribution is -2.14. The number of ether oxygens (including phenoxy) is 1. The molecule has 0 spiro atoms. The Balaban J connectivity index is 1.43. The highest BCUT2D eigenvalue weighted by Gasteiger charge is 2.18. The summed E-state index contributed by atoms with van der Waals surface area (Å²) in [4.78, 5) is 13.7. The van der Waals surface area contributed by atoms with Crippen molar-refractivity contribution >= 4 is 23.4 Å². The Bertz CT molecular complexity index is 893.